The van der Waals surface area contributed by atoms with Crippen LogP contribution >= 0.6 is 0 Å². The fourth-order valence-corrected chi connectivity index (χ4v) is 4.43. The summed E-state index contributed by atoms with van der Waals surface area (Å²) in [6, 6.07) is 3.20. The fraction of sp³-hybridized carbons (Fsp3) is 0.545. The van der Waals surface area contributed by atoms with Crippen LogP contribution in [0.15, 0.2) is 30.9 Å². The summed E-state index contributed by atoms with van der Waals surface area (Å²) in [4.78, 5) is 0. The van der Waals surface area contributed by atoms with E-state index < -0.39 is 11.6 Å². The number of halogens is 2. The van der Waals surface area contributed by atoms with E-state index in [0.717, 1.165) is 30.8 Å². The molecule has 2 aliphatic rings. The molecule has 0 saturated heterocycles. The largest absolute Gasteiger partial charge is 0.491 e. The van der Waals surface area contributed by atoms with Crippen molar-refractivity contribution in [1.29, 1.82) is 0 Å². The molecule has 136 valence electrons. The Bertz CT molecular complexity index is 642. The van der Waals surface area contributed by atoms with Crippen LogP contribution in [0.2, 0.25) is 0 Å². The number of ether oxygens (including phenoxy) is 1. The lowest BCUT2D eigenvalue weighted by Crippen LogP contribution is -2.22. The Kier molecular flexibility index (Phi) is 5.93. The first kappa shape index (κ1) is 18.2. The maximum absolute atomic E-state index is 14.4. The fourth-order valence-electron chi connectivity index (χ4n) is 4.43. The lowest BCUT2D eigenvalue weighted by molar-refractivity contribution is 0.212. The molecule has 3 heteroatoms. The van der Waals surface area contributed by atoms with E-state index in [-0.39, 0.29) is 5.75 Å². The molecule has 25 heavy (non-hydrogen) atoms. The summed E-state index contributed by atoms with van der Waals surface area (Å²) in [6.07, 6.45) is 12.2. The topological polar surface area (TPSA) is 9.23 Å². The van der Waals surface area contributed by atoms with Crippen molar-refractivity contribution in [2.24, 2.45) is 17.8 Å². The third kappa shape index (κ3) is 3.96. The highest BCUT2D eigenvalue weighted by molar-refractivity contribution is 5.67. The molecule has 1 saturated carbocycles. The molecule has 0 aromatic heterocycles. The summed E-state index contributed by atoms with van der Waals surface area (Å²) in [5.41, 5.74) is 1.34. The van der Waals surface area contributed by atoms with Crippen LogP contribution in [0.5, 0.6) is 5.75 Å². The predicted molar refractivity (Wildman–Crippen MR) is 98.5 cm³/mol. The third-order valence-corrected chi connectivity index (χ3v) is 5.96. The molecule has 0 spiro atoms. The van der Waals surface area contributed by atoms with Gasteiger partial charge in [0.05, 0.1) is 6.61 Å². The molecule has 0 heterocycles. The van der Waals surface area contributed by atoms with E-state index in [1.54, 1.807) is 19.1 Å². The molecule has 1 aromatic rings. The Morgan fingerprint density at radius 3 is 2.44 bits per heavy atom. The lowest BCUT2D eigenvalue weighted by Gasteiger charge is -2.34. The van der Waals surface area contributed by atoms with Crippen LogP contribution in [-0.4, -0.2) is 6.61 Å². The standard InChI is InChI=1S/C22H28F2O/c1-3-15-5-7-16(8-6-15)17-9-11-18(12-10-17)19-13-14-20(25-4-2)22(24)21(19)23/h3,11,13-17H,1,4-10,12H2,2H3/t15-,16-,17?. The van der Waals surface area contributed by atoms with E-state index in [1.807, 2.05) is 0 Å². The highest BCUT2D eigenvalue weighted by atomic mass is 19.2. The predicted octanol–water partition coefficient (Wildman–Crippen LogP) is 6.54. The minimum atomic E-state index is -0.870. The molecule has 0 N–H and O–H groups in total. The molecule has 1 aromatic carbocycles. The van der Waals surface area contributed by atoms with E-state index in [2.05, 4.69) is 18.7 Å². The summed E-state index contributed by atoms with van der Waals surface area (Å²) < 4.78 is 33.6. The van der Waals surface area contributed by atoms with Gasteiger partial charge in [0.15, 0.2) is 11.6 Å². The van der Waals surface area contributed by atoms with Gasteiger partial charge in [-0.05, 0) is 87.3 Å². The Morgan fingerprint density at radius 1 is 1.08 bits per heavy atom. The highest BCUT2D eigenvalue weighted by Gasteiger charge is 2.28. The van der Waals surface area contributed by atoms with Gasteiger partial charge in [0.25, 0.3) is 0 Å². The van der Waals surface area contributed by atoms with E-state index in [1.165, 1.54) is 25.7 Å². The van der Waals surface area contributed by atoms with E-state index in [9.17, 15) is 8.78 Å². The molecule has 1 atom stereocenters. The Hall–Kier alpha value is -1.64. The zero-order valence-electron chi connectivity index (χ0n) is 15.1. The monoisotopic (exact) mass is 346 g/mol. The van der Waals surface area contributed by atoms with Gasteiger partial charge in [0, 0.05) is 5.56 Å². The van der Waals surface area contributed by atoms with Gasteiger partial charge in [0.2, 0.25) is 5.82 Å². The second kappa shape index (κ2) is 8.16. The first-order valence-electron chi connectivity index (χ1n) is 9.56. The number of allylic oxidation sites excluding steroid dienone is 3. The molecular formula is C22H28F2O. The van der Waals surface area contributed by atoms with Gasteiger partial charge in [-0.25, -0.2) is 4.39 Å². The van der Waals surface area contributed by atoms with E-state index in [4.69, 9.17) is 4.74 Å². The number of hydrogen-bond donors (Lipinski definition) is 0. The van der Waals surface area contributed by atoms with Crippen molar-refractivity contribution in [1.82, 2.24) is 0 Å². The maximum atomic E-state index is 14.4. The summed E-state index contributed by atoms with van der Waals surface area (Å²) in [6.45, 7) is 6.00. The van der Waals surface area contributed by atoms with Crippen molar-refractivity contribution >= 4 is 5.57 Å². The molecule has 1 fully saturated rings. The number of hydrogen-bond acceptors (Lipinski definition) is 1. The second-order valence-electron chi connectivity index (χ2n) is 7.35. The minimum Gasteiger partial charge on any atom is -0.491 e. The first-order chi connectivity index (χ1) is 12.1. The molecule has 1 unspecified atom stereocenters. The van der Waals surface area contributed by atoms with E-state index >= 15 is 0 Å². The zero-order valence-corrected chi connectivity index (χ0v) is 15.1. The number of benzene rings is 1. The van der Waals surface area contributed by atoms with Gasteiger partial charge in [0.1, 0.15) is 0 Å². The molecule has 0 bridgehead atoms. The Morgan fingerprint density at radius 2 is 1.84 bits per heavy atom. The average molecular weight is 346 g/mol. The quantitative estimate of drug-likeness (QED) is 0.550. The van der Waals surface area contributed by atoms with Crippen molar-refractivity contribution in [3.8, 4) is 5.75 Å². The van der Waals surface area contributed by atoms with Crippen LogP contribution in [0.1, 0.15) is 57.4 Å². The van der Waals surface area contributed by atoms with Crippen LogP contribution in [0.3, 0.4) is 0 Å². The zero-order chi connectivity index (χ0) is 17.8. The molecule has 0 aliphatic heterocycles. The minimum absolute atomic E-state index is 0.00276. The van der Waals surface area contributed by atoms with Crippen LogP contribution in [0, 0.1) is 29.4 Å². The normalized spacial score (nSPS) is 26.8. The van der Waals surface area contributed by atoms with E-state index in [0.29, 0.717) is 24.0 Å². The van der Waals surface area contributed by atoms with Crippen molar-refractivity contribution in [3.05, 3.63) is 48.1 Å². The molecule has 1 nitrogen and oxygen atoms in total. The van der Waals surface area contributed by atoms with Crippen molar-refractivity contribution in [3.63, 3.8) is 0 Å². The van der Waals surface area contributed by atoms with Gasteiger partial charge in [-0.2, -0.15) is 4.39 Å². The smallest absolute Gasteiger partial charge is 0.201 e. The Balaban J connectivity index is 1.67. The van der Waals surface area contributed by atoms with Crippen LogP contribution in [0.4, 0.5) is 8.78 Å². The van der Waals surface area contributed by atoms with Gasteiger partial charge >= 0.3 is 0 Å². The summed E-state index contributed by atoms with van der Waals surface area (Å²) >= 11 is 0. The van der Waals surface area contributed by atoms with Crippen LogP contribution < -0.4 is 4.74 Å². The summed E-state index contributed by atoms with van der Waals surface area (Å²) in [5.74, 6) is 0.497. The summed E-state index contributed by atoms with van der Waals surface area (Å²) in [5, 5.41) is 0. The molecule has 0 amide bonds. The molecular weight excluding hydrogens is 318 g/mol. The summed E-state index contributed by atoms with van der Waals surface area (Å²) in [7, 11) is 0. The highest BCUT2D eigenvalue weighted by Crippen LogP contribution is 2.42. The van der Waals surface area contributed by atoms with Crippen molar-refractivity contribution < 1.29 is 13.5 Å². The SMILES string of the molecule is C=C[C@H]1CC[C@H](C2CC=C(c3ccc(OCC)c(F)c3F)CC2)CC1. The van der Waals surface area contributed by atoms with Gasteiger partial charge in [-0.15, -0.1) is 6.58 Å². The van der Waals surface area contributed by atoms with Gasteiger partial charge in [-0.1, -0.05) is 12.2 Å². The van der Waals surface area contributed by atoms with Crippen molar-refractivity contribution in [2.75, 3.05) is 6.61 Å². The molecule has 2 aliphatic carbocycles. The molecule has 3 rings (SSSR count). The van der Waals surface area contributed by atoms with Crippen LogP contribution in [-0.2, 0) is 0 Å². The Labute approximate surface area is 149 Å². The van der Waals surface area contributed by atoms with Crippen LogP contribution in [0.25, 0.3) is 5.57 Å². The average Bonchev–Trinajstić information content (AvgIpc) is 2.66. The molecule has 0 radical (unpaired) electrons. The van der Waals surface area contributed by atoms with Gasteiger partial charge in [-0.3, -0.25) is 0 Å². The second-order valence-corrected chi connectivity index (χ2v) is 7.35. The maximum Gasteiger partial charge on any atom is 0.201 e. The number of rotatable bonds is 5. The first-order valence-corrected chi connectivity index (χ1v) is 9.56. The third-order valence-electron chi connectivity index (χ3n) is 5.96. The lowest BCUT2D eigenvalue weighted by atomic mass is 9.71. The van der Waals surface area contributed by atoms with Gasteiger partial charge < -0.3 is 4.74 Å². The van der Waals surface area contributed by atoms with Crippen molar-refractivity contribution in [2.45, 2.75) is 51.9 Å².